The topological polar surface area (TPSA) is 66.0 Å². The minimum atomic E-state index is 0.00395. The second kappa shape index (κ2) is 8.79. The molecular formula is C14H28N4O2. The van der Waals surface area contributed by atoms with Gasteiger partial charge in [-0.3, -0.25) is 4.79 Å². The van der Waals surface area contributed by atoms with Crippen LogP contribution in [-0.4, -0.2) is 63.2 Å². The van der Waals surface area contributed by atoms with E-state index in [1.165, 1.54) is 6.42 Å². The van der Waals surface area contributed by atoms with Crippen LogP contribution < -0.4 is 10.6 Å². The number of hydrogen-bond donors (Lipinski definition) is 2. The number of amides is 1. The van der Waals surface area contributed by atoms with Crippen molar-refractivity contribution >= 4 is 11.9 Å². The molecule has 6 heteroatoms. The number of ether oxygens (including phenoxy) is 1. The van der Waals surface area contributed by atoms with Gasteiger partial charge in [0.05, 0.1) is 0 Å². The van der Waals surface area contributed by atoms with Crippen LogP contribution in [0, 0.1) is 5.92 Å². The van der Waals surface area contributed by atoms with Crippen LogP contribution in [-0.2, 0) is 9.53 Å². The van der Waals surface area contributed by atoms with Crippen LogP contribution in [0.4, 0.5) is 0 Å². The maximum atomic E-state index is 11.6. The number of aliphatic imine (C=N–C) groups is 1. The predicted molar refractivity (Wildman–Crippen MR) is 80.8 cm³/mol. The van der Waals surface area contributed by atoms with Gasteiger partial charge >= 0.3 is 0 Å². The van der Waals surface area contributed by atoms with Crippen LogP contribution in [0.5, 0.6) is 0 Å². The predicted octanol–water partition coefficient (Wildman–Crippen LogP) is 0.445. The zero-order valence-electron chi connectivity index (χ0n) is 13.1. The van der Waals surface area contributed by atoms with Gasteiger partial charge in [-0.05, 0) is 25.7 Å². The summed E-state index contributed by atoms with van der Waals surface area (Å²) in [4.78, 5) is 17.5. The maximum absolute atomic E-state index is 11.6. The molecule has 1 saturated carbocycles. The first kappa shape index (κ1) is 16.8. The highest BCUT2D eigenvalue weighted by Crippen LogP contribution is 2.28. The van der Waals surface area contributed by atoms with Crippen LogP contribution in [0.3, 0.4) is 0 Å². The summed E-state index contributed by atoms with van der Waals surface area (Å²) in [7, 11) is 3.48. The Hall–Kier alpha value is -1.30. The highest BCUT2D eigenvalue weighted by molar-refractivity contribution is 5.85. The summed E-state index contributed by atoms with van der Waals surface area (Å²) in [6, 6.07) is 0.489. The van der Waals surface area contributed by atoms with Crippen molar-refractivity contribution in [2.45, 2.75) is 32.7 Å². The third-order valence-corrected chi connectivity index (χ3v) is 3.26. The zero-order chi connectivity index (χ0) is 15.0. The van der Waals surface area contributed by atoms with Crippen molar-refractivity contribution in [3.8, 4) is 0 Å². The fourth-order valence-electron chi connectivity index (χ4n) is 1.66. The summed E-state index contributed by atoms with van der Waals surface area (Å²) in [6.07, 6.45) is 2.09. The van der Waals surface area contributed by atoms with Crippen LogP contribution in [0.25, 0.3) is 0 Å². The second-order valence-electron chi connectivity index (χ2n) is 5.39. The first-order valence-corrected chi connectivity index (χ1v) is 7.37. The molecule has 1 amide bonds. The Morgan fingerprint density at radius 3 is 2.70 bits per heavy atom. The molecular weight excluding hydrogens is 256 g/mol. The van der Waals surface area contributed by atoms with Crippen molar-refractivity contribution in [3.63, 3.8) is 0 Å². The Morgan fingerprint density at radius 1 is 1.45 bits per heavy atom. The van der Waals surface area contributed by atoms with Crippen molar-refractivity contribution < 1.29 is 9.53 Å². The molecule has 0 saturated heterocycles. The number of hydrogen-bond acceptors (Lipinski definition) is 3. The van der Waals surface area contributed by atoms with Gasteiger partial charge in [0.2, 0.25) is 5.91 Å². The van der Waals surface area contributed by atoms with Gasteiger partial charge in [0.25, 0.3) is 0 Å². The fourth-order valence-corrected chi connectivity index (χ4v) is 1.66. The number of carbonyl (C=O) groups excluding carboxylic acids is 1. The minimum Gasteiger partial charge on any atom is -0.382 e. The number of likely N-dealkylation sites (N-methyl/N-ethyl adjacent to an activating group) is 1. The Labute approximate surface area is 122 Å². The van der Waals surface area contributed by atoms with Gasteiger partial charge in [-0.25, -0.2) is 4.99 Å². The van der Waals surface area contributed by atoms with Crippen LogP contribution in [0.1, 0.15) is 26.7 Å². The highest BCUT2D eigenvalue weighted by atomic mass is 16.5. The lowest BCUT2D eigenvalue weighted by atomic mass is 10.4. The molecule has 2 N–H and O–H groups in total. The van der Waals surface area contributed by atoms with E-state index in [9.17, 15) is 4.79 Å². The van der Waals surface area contributed by atoms with E-state index in [-0.39, 0.29) is 12.5 Å². The van der Waals surface area contributed by atoms with Gasteiger partial charge in [0, 0.05) is 39.9 Å². The van der Waals surface area contributed by atoms with E-state index in [1.54, 1.807) is 19.0 Å². The Kier molecular flexibility index (Phi) is 7.36. The molecule has 1 aliphatic carbocycles. The third kappa shape index (κ3) is 6.75. The molecule has 0 aliphatic heterocycles. The van der Waals surface area contributed by atoms with E-state index in [2.05, 4.69) is 22.5 Å². The van der Waals surface area contributed by atoms with E-state index in [0.717, 1.165) is 32.1 Å². The Morgan fingerprint density at radius 2 is 2.15 bits per heavy atom. The van der Waals surface area contributed by atoms with E-state index in [0.29, 0.717) is 12.0 Å². The largest absolute Gasteiger partial charge is 0.382 e. The van der Waals surface area contributed by atoms with Gasteiger partial charge in [-0.2, -0.15) is 0 Å². The van der Waals surface area contributed by atoms with Crippen molar-refractivity contribution in [3.05, 3.63) is 0 Å². The normalized spacial score (nSPS) is 21.5. The van der Waals surface area contributed by atoms with Crippen LogP contribution in [0.2, 0.25) is 0 Å². The molecule has 0 heterocycles. The quantitative estimate of drug-likeness (QED) is 0.386. The highest BCUT2D eigenvalue weighted by Gasteiger charge is 2.33. The molecule has 6 nitrogen and oxygen atoms in total. The number of carbonyl (C=O) groups is 1. The van der Waals surface area contributed by atoms with E-state index < -0.39 is 0 Å². The van der Waals surface area contributed by atoms with Gasteiger partial charge in [-0.15, -0.1) is 0 Å². The van der Waals surface area contributed by atoms with E-state index in [1.807, 2.05) is 6.92 Å². The standard InChI is InChI=1S/C14H28N4O2/c1-5-20-8-6-7-15-14(17-12-9-11(12)2)16-10-13(19)18(3)4/h11-12H,5-10H2,1-4H3,(H2,15,16,17). The molecule has 0 aromatic rings. The second-order valence-corrected chi connectivity index (χ2v) is 5.39. The molecule has 20 heavy (non-hydrogen) atoms. The van der Waals surface area contributed by atoms with Crippen molar-refractivity contribution in [2.24, 2.45) is 10.9 Å². The molecule has 0 spiro atoms. The first-order valence-electron chi connectivity index (χ1n) is 7.37. The van der Waals surface area contributed by atoms with Gasteiger partial charge in [0.15, 0.2) is 5.96 Å². The molecule has 2 unspecified atom stereocenters. The van der Waals surface area contributed by atoms with Crippen molar-refractivity contribution in [1.82, 2.24) is 15.5 Å². The average Bonchev–Trinajstić information content (AvgIpc) is 3.10. The van der Waals surface area contributed by atoms with Gasteiger partial charge < -0.3 is 20.3 Å². The summed E-state index contributed by atoms with van der Waals surface area (Å²) in [5, 5.41) is 6.61. The van der Waals surface area contributed by atoms with Gasteiger partial charge in [0.1, 0.15) is 6.54 Å². The van der Waals surface area contributed by atoms with Gasteiger partial charge in [-0.1, -0.05) is 6.92 Å². The molecule has 1 aliphatic rings. The fraction of sp³-hybridized carbons (Fsp3) is 0.857. The van der Waals surface area contributed by atoms with Crippen LogP contribution >= 0.6 is 0 Å². The Bertz CT molecular complexity index is 331. The number of nitrogens with one attached hydrogen (secondary N) is 2. The van der Waals surface area contributed by atoms with Crippen molar-refractivity contribution in [2.75, 3.05) is 40.4 Å². The molecule has 1 fully saturated rings. The lowest BCUT2D eigenvalue weighted by molar-refractivity contribution is -0.127. The van der Waals surface area contributed by atoms with Crippen molar-refractivity contribution in [1.29, 1.82) is 0 Å². The molecule has 2 atom stereocenters. The average molecular weight is 284 g/mol. The number of rotatable bonds is 8. The maximum Gasteiger partial charge on any atom is 0.243 e. The first-order chi connectivity index (χ1) is 9.54. The number of guanidine groups is 1. The molecule has 116 valence electrons. The van der Waals surface area contributed by atoms with E-state index >= 15 is 0 Å². The lowest BCUT2D eigenvalue weighted by Crippen LogP contribution is -2.40. The minimum absolute atomic E-state index is 0.00395. The molecule has 1 rings (SSSR count). The Balaban J connectivity index is 2.34. The monoisotopic (exact) mass is 284 g/mol. The summed E-state index contributed by atoms with van der Waals surface area (Å²) in [5.41, 5.74) is 0. The summed E-state index contributed by atoms with van der Waals surface area (Å²) >= 11 is 0. The summed E-state index contributed by atoms with van der Waals surface area (Å²) < 4.78 is 5.29. The molecule has 0 aromatic carbocycles. The zero-order valence-corrected chi connectivity index (χ0v) is 13.1. The summed E-state index contributed by atoms with van der Waals surface area (Å²) in [5.74, 6) is 1.42. The lowest BCUT2D eigenvalue weighted by Gasteiger charge is -2.13. The SMILES string of the molecule is CCOCCCNC(=NCC(=O)N(C)C)NC1CC1C. The van der Waals surface area contributed by atoms with E-state index in [4.69, 9.17) is 4.74 Å². The molecule has 0 aromatic heterocycles. The smallest absolute Gasteiger partial charge is 0.243 e. The third-order valence-electron chi connectivity index (χ3n) is 3.26. The van der Waals surface area contributed by atoms with Crippen LogP contribution in [0.15, 0.2) is 4.99 Å². The number of nitrogens with zero attached hydrogens (tertiary/aromatic N) is 2. The summed E-state index contributed by atoms with van der Waals surface area (Å²) in [6.45, 7) is 6.65. The molecule has 0 radical (unpaired) electrons. The molecule has 0 bridgehead atoms.